The number of carbonyl (C=O) groups excluding carboxylic acids is 1. The number of aryl methyl sites for hydroxylation is 1. The highest BCUT2D eigenvalue weighted by Gasteiger charge is 2.29. The van der Waals surface area contributed by atoms with Crippen molar-refractivity contribution < 1.29 is 9.90 Å². The third-order valence-corrected chi connectivity index (χ3v) is 4.41. The van der Waals surface area contributed by atoms with Gasteiger partial charge in [-0.15, -0.1) is 11.3 Å². The molecule has 3 nitrogen and oxygen atoms in total. The van der Waals surface area contributed by atoms with Crippen LogP contribution in [-0.2, 0) is 11.2 Å². The summed E-state index contributed by atoms with van der Waals surface area (Å²) in [4.78, 5) is 15.5. The Morgan fingerprint density at radius 1 is 1.65 bits per heavy atom. The minimum absolute atomic E-state index is 0.0245. The number of thiophene rings is 1. The molecule has 94 valence electrons. The summed E-state index contributed by atoms with van der Waals surface area (Å²) in [7, 11) is 0. The molecule has 17 heavy (non-hydrogen) atoms. The van der Waals surface area contributed by atoms with Gasteiger partial charge in [-0.25, -0.2) is 0 Å². The zero-order valence-corrected chi connectivity index (χ0v) is 11.0. The molecule has 1 aliphatic rings. The number of likely N-dealkylation sites (N-methyl/N-ethyl adjacent to an activating group) is 1. The van der Waals surface area contributed by atoms with E-state index in [1.54, 1.807) is 16.2 Å². The third-order valence-electron chi connectivity index (χ3n) is 3.41. The predicted molar refractivity (Wildman–Crippen MR) is 69.3 cm³/mol. The molecule has 0 bridgehead atoms. The molecular weight excluding hydrogens is 234 g/mol. The molecule has 0 saturated carbocycles. The molecule has 1 aromatic rings. The van der Waals surface area contributed by atoms with Gasteiger partial charge in [0.2, 0.25) is 5.91 Å². The first kappa shape index (κ1) is 12.6. The van der Waals surface area contributed by atoms with Gasteiger partial charge in [-0.3, -0.25) is 4.79 Å². The molecule has 0 aromatic carbocycles. The van der Waals surface area contributed by atoms with Crippen LogP contribution in [0.2, 0.25) is 0 Å². The Kier molecular flexibility index (Phi) is 4.18. The van der Waals surface area contributed by atoms with Crippen molar-refractivity contribution in [3.8, 4) is 0 Å². The van der Waals surface area contributed by atoms with Crippen molar-refractivity contribution >= 4 is 17.2 Å². The molecule has 0 radical (unpaired) electrons. The first-order chi connectivity index (χ1) is 8.27. The van der Waals surface area contributed by atoms with Crippen LogP contribution in [0.4, 0.5) is 0 Å². The first-order valence-corrected chi connectivity index (χ1v) is 7.11. The zero-order chi connectivity index (χ0) is 12.3. The number of hydrogen-bond acceptors (Lipinski definition) is 3. The van der Waals surface area contributed by atoms with Crippen LogP contribution in [0.3, 0.4) is 0 Å². The number of fused-ring (bicyclic) bond motifs is 1. The summed E-state index contributed by atoms with van der Waals surface area (Å²) in [5.41, 5.74) is 1.22. The van der Waals surface area contributed by atoms with Gasteiger partial charge in [0.05, 0.1) is 12.5 Å². The maximum atomic E-state index is 12.4. The van der Waals surface area contributed by atoms with Gasteiger partial charge in [0.1, 0.15) is 0 Å². The fourth-order valence-electron chi connectivity index (χ4n) is 2.51. The van der Waals surface area contributed by atoms with Crippen LogP contribution in [0.1, 0.15) is 36.1 Å². The van der Waals surface area contributed by atoms with E-state index in [2.05, 4.69) is 11.4 Å². The van der Waals surface area contributed by atoms with Crippen molar-refractivity contribution in [1.82, 2.24) is 4.90 Å². The third kappa shape index (κ3) is 2.53. The summed E-state index contributed by atoms with van der Waals surface area (Å²) in [6.45, 7) is 3.13. The molecule has 4 heteroatoms. The van der Waals surface area contributed by atoms with Gasteiger partial charge < -0.3 is 10.0 Å². The molecule has 1 heterocycles. The van der Waals surface area contributed by atoms with Crippen LogP contribution in [0.15, 0.2) is 11.4 Å². The monoisotopic (exact) mass is 253 g/mol. The van der Waals surface area contributed by atoms with E-state index in [1.165, 1.54) is 10.4 Å². The van der Waals surface area contributed by atoms with Crippen LogP contribution in [0.5, 0.6) is 0 Å². The van der Waals surface area contributed by atoms with Gasteiger partial charge >= 0.3 is 0 Å². The molecule has 1 aromatic heterocycles. The van der Waals surface area contributed by atoms with E-state index in [0.717, 1.165) is 19.3 Å². The summed E-state index contributed by atoms with van der Waals surface area (Å²) in [6.07, 6.45) is 3.16. The minimum atomic E-state index is 0.0245. The number of aliphatic hydroxyl groups excluding tert-OH is 1. The molecule has 2 rings (SSSR count). The maximum Gasteiger partial charge on any atom is 0.230 e. The second-order valence-electron chi connectivity index (χ2n) is 4.39. The Morgan fingerprint density at radius 3 is 3.18 bits per heavy atom. The van der Waals surface area contributed by atoms with Crippen molar-refractivity contribution in [3.05, 3.63) is 21.9 Å². The average Bonchev–Trinajstić information content (AvgIpc) is 2.83. The second kappa shape index (κ2) is 5.65. The van der Waals surface area contributed by atoms with Crippen molar-refractivity contribution in [2.45, 2.75) is 32.1 Å². The Labute approximate surface area is 106 Å². The molecule has 1 unspecified atom stereocenters. The molecule has 0 aliphatic heterocycles. The minimum Gasteiger partial charge on any atom is -0.395 e. The second-order valence-corrected chi connectivity index (χ2v) is 5.39. The van der Waals surface area contributed by atoms with Crippen molar-refractivity contribution in [2.24, 2.45) is 0 Å². The number of rotatable bonds is 4. The first-order valence-electron chi connectivity index (χ1n) is 6.23. The summed E-state index contributed by atoms with van der Waals surface area (Å²) >= 11 is 1.76. The Morgan fingerprint density at radius 2 is 2.47 bits per heavy atom. The van der Waals surface area contributed by atoms with Crippen molar-refractivity contribution in [2.75, 3.05) is 19.7 Å². The van der Waals surface area contributed by atoms with E-state index in [4.69, 9.17) is 5.11 Å². The van der Waals surface area contributed by atoms with Gasteiger partial charge in [0, 0.05) is 18.0 Å². The van der Waals surface area contributed by atoms with E-state index in [0.29, 0.717) is 13.1 Å². The molecule has 1 aliphatic carbocycles. The number of amides is 1. The fourth-order valence-corrected chi connectivity index (χ4v) is 3.50. The molecule has 0 saturated heterocycles. The highest BCUT2D eigenvalue weighted by molar-refractivity contribution is 7.10. The van der Waals surface area contributed by atoms with E-state index in [1.807, 2.05) is 6.92 Å². The smallest absolute Gasteiger partial charge is 0.230 e. The summed E-state index contributed by atoms with van der Waals surface area (Å²) in [5, 5.41) is 11.1. The lowest BCUT2D eigenvalue weighted by molar-refractivity contribution is -0.133. The Bertz CT molecular complexity index is 389. The van der Waals surface area contributed by atoms with E-state index in [9.17, 15) is 4.79 Å². The number of hydrogen-bond donors (Lipinski definition) is 1. The maximum absolute atomic E-state index is 12.4. The quantitative estimate of drug-likeness (QED) is 0.891. The SMILES string of the molecule is CCN(CCO)C(=O)C1CCCc2sccc21. The van der Waals surface area contributed by atoms with E-state index in [-0.39, 0.29) is 18.4 Å². The average molecular weight is 253 g/mol. The summed E-state index contributed by atoms with van der Waals surface area (Å²) < 4.78 is 0. The lowest BCUT2D eigenvalue weighted by Gasteiger charge is -2.28. The van der Waals surface area contributed by atoms with Crippen LogP contribution >= 0.6 is 11.3 Å². The van der Waals surface area contributed by atoms with Crippen molar-refractivity contribution in [3.63, 3.8) is 0 Å². The largest absolute Gasteiger partial charge is 0.395 e. The van der Waals surface area contributed by atoms with E-state index >= 15 is 0 Å². The fraction of sp³-hybridized carbons (Fsp3) is 0.615. The van der Waals surface area contributed by atoms with Crippen LogP contribution in [-0.4, -0.2) is 35.6 Å². The summed E-state index contributed by atoms with van der Waals surface area (Å²) in [6, 6.07) is 2.09. The number of aliphatic hydroxyl groups is 1. The Hall–Kier alpha value is -0.870. The highest BCUT2D eigenvalue weighted by Crippen LogP contribution is 2.35. The zero-order valence-electron chi connectivity index (χ0n) is 10.2. The molecule has 1 amide bonds. The van der Waals surface area contributed by atoms with Crippen LogP contribution in [0.25, 0.3) is 0 Å². The highest BCUT2D eigenvalue weighted by atomic mass is 32.1. The number of nitrogens with zero attached hydrogens (tertiary/aromatic N) is 1. The van der Waals surface area contributed by atoms with E-state index < -0.39 is 0 Å². The molecule has 1 N–H and O–H groups in total. The molecule has 0 fully saturated rings. The van der Waals surface area contributed by atoms with Gasteiger partial charge in [-0.2, -0.15) is 0 Å². The van der Waals surface area contributed by atoms with Gasteiger partial charge in [0.25, 0.3) is 0 Å². The lowest BCUT2D eigenvalue weighted by Crippen LogP contribution is -2.37. The Balaban J connectivity index is 2.16. The van der Waals surface area contributed by atoms with Gasteiger partial charge in [0.15, 0.2) is 0 Å². The predicted octanol–water partition coefficient (Wildman–Crippen LogP) is 2.01. The normalized spacial score (nSPS) is 18.8. The molecular formula is C13H19NO2S. The lowest BCUT2D eigenvalue weighted by atomic mass is 9.86. The molecule has 1 atom stereocenters. The van der Waals surface area contributed by atoms with Crippen LogP contribution in [0, 0.1) is 0 Å². The van der Waals surface area contributed by atoms with Crippen LogP contribution < -0.4 is 0 Å². The van der Waals surface area contributed by atoms with Gasteiger partial charge in [-0.05, 0) is 43.2 Å². The topological polar surface area (TPSA) is 40.5 Å². The summed E-state index contributed by atoms with van der Waals surface area (Å²) in [5.74, 6) is 0.206. The van der Waals surface area contributed by atoms with Gasteiger partial charge in [-0.1, -0.05) is 0 Å². The molecule has 0 spiro atoms. The van der Waals surface area contributed by atoms with Crippen molar-refractivity contribution in [1.29, 1.82) is 0 Å². The number of carbonyl (C=O) groups is 1. The standard InChI is InChI=1S/C13H19NO2S/c1-2-14(7-8-15)13(16)11-4-3-5-12-10(11)6-9-17-12/h6,9,11,15H,2-5,7-8H2,1H3.